The summed E-state index contributed by atoms with van der Waals surface area (Å²) >= 11 is 0. The Morgan fingerprint density at radius 1 is 1.19 bits per heavy atom. The van der Waals surface area contributed by atoms with E-state index >= 15 is 0 Å². The molecule has 92 valence electrons. The molecule has 3 heteroatoms. The maximum absolute atomic E-state index is 12.1. The number of nitrogens with zero attached hydrogens (tertiary/aromatic N) is 1. The number of hydrogen-bond acceptors (Lipinski definition) is 2. The van der Waals surface area contributed by atoms with Gasteiger partial charge in [-0.3, -0.25) is 4.79 Å². The maximum Gasteiger partial charge on any atom is 0.225 e. The minimum Gasteiger partial charge on any atom is -0.341 e. The van der Waals surface area contributed by atoms with E-state index in [1.165, 1.54) is 12.8 Å². The van der Waals surface area contributed by atoms with Gasteiger partial charge in [0.05, 0.1) is 0 Å². The molecule has 2 aliphatic rings. The molecule has 0 saturated carbocycles. The second kappa shape index (κ2) is 4.36. The highest BCUT2D eigenvalue weighted by Gasteiger charge is 2.46. The predicted molar refractivity (Wildman–Crippen MR) is 65.1 cm³/mol. The molecule has 1 spiro atoms. The van der Waals surface area contributed by atoms with Gasteiger partial charge in [-0.2, -0.15) is 0 Å². The van der Waals surface area contributed by atoms with E-state index in [-0.39, 0.29) is 5.92 Å². The van der Waals surface area contributed by atoms with E-state index in [2.05, 4.69) is 31.0 Å². The lowest BCUT2D eigenvalue weighted by Crippen LogP contribution is -2.62. The first-order valence-corrected chi connectivity index (χ1v) is 6.54. The second-order valence-corrected chi connectivity index (χ2v) is 5.98. The van der Waals surface area contributed by atoms with Crippen molar-refractivity contribution in [3.05, 3.63) is 0 Å². The van der Waals surface area contributed by atoms with Gasteiger partial charge in [-0.05, 0) is 31.8 Å². The van der Waals surface area contributed by atoms with Gasteiger partial charge in [-0.1, -0.05) is 20.8 Å². The van der Waals surface area contributed by atoms with E-state index in [0.717, 1.165) is 26.2 Å². The van der Waals surface area contributed by atoms with E-state index < -0.39 is 0 Å². The highest BCUT2D eigenvalue weighted by molar-refractivity contribution is 5.79. The Balaban J connectivity index is 1.85. The van der Waals surface area contributed by atoms with Crippen LogP contribution in [0.2, 0.25) is 0 Å². The van der Waals surface area contributed by atoms with Crippen LogP contribution in [0.5, 0.6) is 0 Å². The average Bonchev–Trinajstić information content (AvgIpc) is 2.24. The van der Waals surface area contributed by atoms with Crippen LogP contribution in [0, 0.1) is 17.3 Å². The number of hydrogen-bond donors (Lipinski definition) is 1. The van der Waals surface area contributed by atoms with Crippen molar-refractivity contribution in [3.63, 3.8) is 0 Å². The van der Waals surface area contributed by atoms with Gasteiger partial charge in [0.2, 0.25) is 5.91 Å². The summed E-state index contributed by atoms with van der Waals surface area (Å²) in [7, 11) is 0. The summed E-state index contributed by atoms with van der Waals surface area (Å²) < 4.78 is 0. The van der Waals surface area contributed by atoms with Crippen LogP contribution in [0.1, 0.15) is 33.6 Å². The molecule has 3 nitrogen and oxygen atoms in total. The first-order chi connectivity index (χ1) is 7.54. The monoisotopic (exact) mass is 224 g/mol. The van der Waals surface area contributed by atoms with Gasteiger partial charge in [0.25, 0.3) is 0 Å². The first-order valence-electron chi connectivity index (χ1n) is 6.54. The van der Waals surface area contributed by atoms with Gasteiger partial charge >= 0.3 is 0 Å². The molecule has 0 aliphatic carbocycles. The molecule has 2 fully saturated rings. The molecule has 1 unspecified atom stereocenters. The highest BCUT2D eigenvalue weighted by Crippen LogP contribution is 2.39. The molecule has 0 aromatic carbocycles. The Morgan fingerprint density at radius 3 is 2.25 bits per heavy atom. The van der Waals surface area contributed by atoms with Crippen LogP contribution in [0.3, 0.4) is 0 Å². The fourth-order valence-corrected chi connectivity index (χ4v) is 2.77. The zero-order valence-electron chi connectivity index (χ0n) is 10.8. The minimum absolute atomic E-state index is 0.180. The van der Waals surface area contributed by atoms with Crippen LogP contribution in [0.25, 0.3) is 0 Å². The zero-order valence-corrected chi connectivity index (χ0v) is 10.8. The van der Waals surface area contributed by atoms with Crippen molar-refractivity contribution in [2.24, 2.45) is 17.3 Å². The summed E-state index contributed by atoms with van der Waals surface area (Å²) in [5.41, 5.74) is 0.470. The van der Waals surface area contributed by atoms with Crippen LogP contribution in [-0.2, 0) is 4.79 Å². The fourth-order valence-electron chi connectivity index (χ4n) is 2.77. The summed E-state index contributed by atoms with van der Waals surface area (Å²) in [6.45, 7) is 10.6. The second-order valence-electron chi connectivity index (χ2n) is 5.98. The summed E-state index contributed by atoms with van der Waals surface area (Å²) in [5.74, 6) is 0.996. The molecule has 0 aromatic heterocycles. The zero-order chi connectivity index (χ0) is 11.8. The predicted octanol–water partition coefficient (Wildman–Crippen LogP) is 1.49. The molecule has 2 rings (SSSR count). The number of carbonyl (C=O) groups excluding carboxylic acids is 1. The summed E-state index contributed by atoms with van der Waals surface area (Å²) in [6, 6.07) is 0. The van der Waals surface area contributed by atoms with Crippen molar-refractivity contribution < 1.29 is 4.79 Å². The van der Waals surface area contributed by atoms with Crippen molar-refractivity contribution in [1.29, 1.82) is 0 Å². The van der Waals surface area contributed by atoms with Gasteiger partial charge in [0.1, 0.15) is 0 Å². The molecule has 2 heterocycles. The van der Waals surface area contributed by atoms with E-state index in [4.69, 9.17) is 0 Å². The average molecular weight is 224 g/mol. The highest BCUT2D eigenvalue weighted by atomic mass is 16.2. The lowest BCUT2D eigenvalue weighted by Gasteiger charge is -2.53. The van der Waals surface area contributed by atoms with E-state index in [9.17, 15) is 4.79 Å². The van der Waals surface area contributed by atoms with Gasteiger partial charge < -0.3 is 10.2 Å². The van der Waals surface area contributed by atoms with Crippen molar-refractivity contribution in [1.82, 2.24) is 10.2 Å². The van der Waals surface area contributed by atoms with Crippen LogP contribution >= 0.6 is 0 Å². The van der Waals surface area contributed by atoms with Crippen molar-refractivity contribution in [2.75, 3.05) is 26.2 Å². The fraction of sp³-hybridized carbons (Fsp3) is 0.923. The van der Waals surface area contributed by atoms with Gasteiger partial charge in [0.15, 0.2) is 0 Å². The quantitative estimate of drug-likeness (QED) is 0.771. The Kier molecular flexibility index (Phi) is 3.24. The molecule has 0 radical (unpaired) electrons. The van der Waals surface area contributed by atoms with Crippen LogP contribution < -0.4 is 5.32 Å². The summed E-state index contributed by atoms with van der Waals surface area (Å²) in [6.07, 6.45) is 2.49. The third-order valence-corrected chi connectivity index (χ3v) is 4.42. The van der Waals surface area contributed by atoms with E-state index in [1.54, 1.807) is 0 Å². The van der Waals surface area contributed by atoms with Crippen LogP contribution in [0.4, 0.5) is 0 Å². The van der Waals surface area contributed by atoms with Crippen molar-refractivity contribution >= 4 is 5.91 Å². The van der Waals surface area contributed by atoms with Gasteiger partial charge in [-0.15, -0.1) is 0 Å². The Bertz CT molecular complexity index is 261. The number of carbonyl (C=O) groups is 1. The Labute approximate surface area is 98.6 Å². The lowest BCUT2D eigenvalue weighted by molar-refractivity contribution is -0.150. The molecular formula is C13H24N2O. The van der Waals surface area contributed by atoms with Gasteiger partial charge in [0, 0.05) is 24.4 Å². The van der Waals surface area contributed by atoms with Crippen LogP contribution in [0.15, 0.2) is 0 Å². The first kappa shape index (κ1) is 11.9. The molecular weight excluding hydrogens is 200 g/mol. The molecule has 1 atom stereocenters. The normalized spacial score (nSPS) is 25.6. The molecule has 1 amide bonds. The van der Waals surface area contributed by atoms with Crippen LogP contribution in [-0.4, -0.2) is 37.0 Å². The van der Waals surface area contributed by atoms with Crippen molar-refractivity contribution in [2.45, 2.75) is 33.6 Å². The van der Waals surface area contributed by atoms with E-state index in [1.807, 2.05) is 0 Å². The number of rotatable bonds is 2. The third kappa shape index (κ3) is 2.10. The SMILES string of the molecule is CC(C)C(C)C(=O)N1CC2(CCNCC2)C1. The third-order valence-electron chi connectivity index (χ3n) is 4.42. The largest absolute Gasteiger partial charge is 0.341 e. The Morgan fingerprint density at radius 2 is 1.75 bits per heavy atom. The molecule has 1 N–H and O–H groups in total. The number of piperidine rings is 1. The smallest absolute Gasteiger partial charge is 0.225 e. The summed E-state index contributed by atoms with van der Waals surface area (Å²) in [4.78, 5) is 14.2. The van der Waals surface area contributed by atoms with E-state index in [0.29, 0.717) is 17.2 Å². The number of amides is 1. The summed E-state index contributed by atoms with van der Waals surface area (Å²) in [5, 5.41) is 3.39. The number of nitrogens with one attached hydrogen (secondary N) is 1. The molecule has 0 bridgehead atoms. The van der Waals surface area contributed by atoms with Gasteiger partial charge in [-0.25, -0.2) is 0 Å². The molecule has 16 heavy (non-hydrogen) atoms. The topological polar surface area (TPSA) is 32.3 Å². The number of likely N-dealkylation sites (tertiary alicyclic amines) is 1. The lowest BCUT2D eigenvalue weighted by atomic mass is 9.72. The maximum atomic E-state index is 12.1. The molecule has 2 saturated heterocycles. The standard InChI is InChI=1S/C13H24N2O/c1-10(2)11(3)12(16)15-8-13(9-15)4-6-14-7-5-13/h10-11,14H,4-9H2,1-3H3. The Hall–Kier alpha value is -0.570. The molecule has 2 aliphatic heterocycles. The minimum atomic E-state index is 0.180. The van der Waals surface area contributed by atoms with Crippen molar-refractivity contribution in [3.8, 4) is 0 Å². The molecule has 0 aromatic rings.